The van der Waals surface area contributed by atoms with Gasteiger partial charge in [0.1, 0.15) is 5.75 Å². The number of amides is 2. The minimum atomic E-state index is -0.265. The van der Waals surface area contributed by atoms with Crippen molar-refractivity contribution in [1.82, 2.24) is 0 Å². The molecule has 0 aliphatic rings. The number of rotatable bonds is 5. The lowest BCUT2D eigenvalue weighted by Gasteiger charge is -2.14. The zero-order valence-corrected chi connectivity index (χ0v) is 15.3. The number of nitrogens with one attached hydrogen (secondary N) is 2. The predicted molar refractivity (Wildman–Crippen MR) is 98.6 cm³/mol. The summed E-state index contributed by atoms with van der Waals surface area (Å²) >= 11 is 3.37. The van der Waals surface area contributed by atoms with Crippen molar-refractivity contribution in [2.24, 2.45) is 0 Å². The Morgan fingerprint density at radius 2 is 1.58 bits per heavy atom. The van der Waals surface area contributed by atoms with Crippen LogP contribution in [0.5, 0.6) is 5.75 Å². The molecule has 24 heavy (non-hydrogen) atoms. The smallest absolute Gasteiger partial charge is 0.259 e. The van der Waals surface area contributed by atoms with Crippen LogP contribution in [0.3, 0.4) is 0 Å². The van der Waals surface area contributed by atoms with Crippen LogP contribution in [0.4, 0.5) is 11.4 Å². The van der Waals surface area contributed by atoms with E-state index in [4.69, 9.17) is 4.74 Å². The van der Waals surface area contributed by atoms with Gasteiger partial charge >= 0.3 is 0 Å². The monoisotopic (exact) mass is 390 g/mol. The molecule has 2 rings (SSSR count). The van der Waals surface area contributed by atoms with Gasteiger partial charge in [-0.3, -0.25) is 9.59 Å². The molecule has 0 saturated carbocycles. The number of benzene rings is 2. The third-order valence-corrected chi connectivity index (χ3v) is 3.51. The molecule has 0 aromatic heterocycles. The van der Waals surface area contributed by atoms with E-state index in [1.807, 2.05) is 19.9 Å². The van der Waals surface area contributed by atoms with E-state index in [0.717, 1.165) is 4.47 Å². The number of carbonyl (C=O) groups excluding carboxylic acids is 2. The van der Waals surface area contributed by atoms with Gasteiger partial charge in [0.2, 0.25) is 5.91 Å². The van der Waals surface area contributed by atoms with Gasteiger partial charge in [-0.25, -0.2) is 0 Å². The van der Waals surface area contributed by atoms with E-state index in [-0.39, 0.29) is 17.9 Å². The SMILES string of the molecule is CC(=O)Nc1ccc(NC(=O)c2cc(Br)ccc2OC(C)C)cc1. The highest BCUT2D eigenvalue weighted by Gasteiger charge is 2.14. The zero-order chi connectivity index (χ0) is 17.7. The van der Waals surface area contributed by atoms with E-state index in [2.05, 4.69) is 26.6 Å². The second-order valence-electron chi connectivity index (χ2n) is 5.52. The Kier molecular flexibility index (Phi) is 5.98. The molecular weight excluding hydrogens is 372 g/mol. The van der Waals surface area contributed by atoms with E-state index in [9.17, 15) is 9.59 Å². The lowest BCUT2D eigenvalue weighted by atomic mass is 10.1. The van der Waals surface area contributed by atoms with Gasteiger partial charge in [-0.1, -0.05) is 15.9 Å². The van der Waals surface area contributed by atoms with E-state index in [0.29, 0.717) is 22.7 Å². The first-order chi connectivity index (χ1) is 11.3. The average Bonchev–Trinajstić information content (AvgIpc) is 2.50. The highest BCUT2D eigenvalue weighted by atomic mass is 79.9. The van der Waals surface area contributed by atoms with Crippen LogP contribution in [-0.4, -0.2) is 17.9 Å². The Hall–Kier alpha value is -2.34. The Morgan fingerprint density at radius 1 is 1.00 bits per heavy atom. The molecule has 0 unspecified atom stereocenters. The van der Waals surface area contributed by atoms with E-state index in [1.165, 1.54) is 6.92 Å². The van der Waals surface area contributed by atoms with Gasteiger partial charge in [0.05, 0.1) is 11.7 Å². The van der Waals surface area contributed by atoms with Crippen LogP contribution in [0.1, 0.15) is 31.1 Å². The van der Waals surface area contributed by atoms with Gasteiger partial charge in [0, 0.05) is 22.8 Å². The summed E-state index contributed by atoms with van der Waals surface area (Å²) in [5.74, 6) is 0.121. The van der Waals surface area contributed by atoms with Crippen LogP contribution < -0.4 is 15.4 Å². The van der Waals surface area contributed by atoms with Crippen molar-refractivity contribution >= 4 is 39.1 Å². The molecule has 0 heterocycles. The molecule has 0 saturated heterocycles. The summed E-state index contributed by atoms with van der Waals surface area (Å²) in [6, 6.07) is 12.2. The number of anilines is 2. The van der Waals surface area contributed by atoms with Crippen LogP contribution in [0.25, 0.3) is 0 Å². The zero-order valence-electron chi connectivity index (χ0n) is 13.7. The molecule has 0 aliphatic heterocycles. The van der Waals surface area contributed by atoms with Crippen molar-refractivity contribution in [3.05, 3.63) is 52.5 Å². The molecule has 2 aromatic rings. The molecule has 2 aromatic carbocycles. The van der Waals surface area contributed by atoms with Gasteiger partial charge < -0.3 is 15.4 Å². The Balaban J connectivity index is 2.17. The number of carbonyl (C=O) groups is 2. The van der Waals surface area contributed by atoms with Crippen molar-refractivity contribution in [3.63, 3.8) is 0 Å². The molecule has 0 aliphatic carbocycles. The third kappa shape index (κ3) is 5.09. The van der Waals surface area contributed by atoms with Gasteiger partial charge in [-0.05, 0) is 56.3 Å². The highest BCUT2D eigenvalue weighted by Crippen LogP contribution is 2.25. The van der Waals surface area contributed by atoms with Crippen LogP contribution in [0.2, 0.25) is 0 Å². The number of ether oxygens (including phenoxy) is 1. The number of halogens is 1. The van der Waals surface area contributed by atoms with Crippen LogP contribution in [0, 0.1) is 0 Å². The topological polar surface area (TPSA) is 67.4 Å². The second-order valence-corrected chi connectivity index (χ2v) is 6.44. The minimum Gasteiger partial charge on any atom is -0.490 e. The van der Waals surface area contributed by atoms with Crippen molar-refractivity contribution in [2.45, 2.75) is 26.9 Å². The predicted octanol–water partition coefficient (Wildman–Crippen LogP) is 4.45. The number of hydrogen-bond acceptors (Lipinski definition) is 3. The maximum absolute atomic E-state index is 12.5. The van der Waals surface area contributed by atoms with Crippen LogP contribution in [-0.2, 0) is 4.79 Å². The summed E-state index contributed by atoms with van der Waals surface area (Å²) in [4.78, 5) is 23.6. The summed E-state index contributed by atoms with van der Waals surface area (Å²) in [7, 11) is 0. The standard InChI is InChI=1S/C18H19BrN2O3/c1-11(2)24-17-9-4-13(19)10-16(17)18(23)21-15-7-5-14(6-8-15)20-12(3)22/h4-11H,1-3H3,(H,20,22)(H,21,23). The fraction of sp³-hybridized carbons (Fsp3) is 0.222. The van der Waals surface area contributed by atoms with Gasteiger partial charge in [-0.15, -0.1) is 0 Å². The first-order valence-corrected chi connectivity index (χ1v) is 8.29. The summed E-state index contributed by atoms with van der Waals surface area (Å²) in [6.45, 7) is 5.26. The molecule has 0 bridgehead atoms. The van der Waals surface area contributed by atoms with Gasteiger partial charge in [-0.2, -0.15) is 0 Å². The van der Waals surface area contributed by atoms with Crippen LogP contribution >= 0.6 is 15.9 Å². The van der Waals surface area contributed by atoms with E-state index in [1.54, 1.807) is 36.4 Å². The molecule has 0 radical (unpaired) electrons. The fourth-order valence-electron chi connectivity index (χ4n) is 2.07. The minimum absolute atomic E-state index is 0.0327. The highest BCUT2D eigenvalue weighted by molar-refractivity contribution is 9.10. The maximum atomic E-state index is 12.5. The summed E-state index contributed by atoms with van der Waals surface area (Å²) in [5, 5.41) is 5.50. The van der Waals surface area contributed by atoms with Crippen molar-refractivity contribution < 1.29 is 14.3 Å². The first-order valence-electron chi connectivity index (χ1n) is 7.50. The maximum Gasteiger partial charge on any atom is 0.259 e. The van der Waals surface area contributed by atoms with Crippen LogP contribution in [0.15, 0.2) is 46.9 Å². The Labute approximate surface area is 149 Å². The molecule has 2 N–H and O–H groups in total. The van der Waals surface area contributed by atoms with E-state index < -0.39 is 0 Å². The van der Waals surface area contributed by atoms with Gasteiger partial charge in [0.25, 0.3) is 5.91 Å². The van der Waals surface area contributed by atoms with Crippen molar-refractivity contribution in [3.8, 4) is 5.75 Å². The molecule has 6 heteroatoms. The van der Waals surface area contributed by atoms with E-state index >= 15 is 0 Å². The Bertz CT molecular complexity index is 742. The molecular formula is C18H19BrN2O3. The largest absolute Gasteiger partial charge is 0.490 e. The first kappa shape index (κ1) is 18.0. The summed E-state index contributed by atoms with van der Waals surface area (Å²) in [6.07, 6.45) is -0.0327. The molecule has 126 valence electrons. The Morgan fingerprint density at radius 3 is 2.12 bits per heavy atom. The fourth-order valence-corrected chi connectivity index (χ4v) is 2.44. The third-order valence-electron chi connectivity index (χ3n) is 3.01. The summed E-state index contributed by atoms with van der Waals surface area (Å²) in [5.41, 5.74) is 1.75. The second kappa shape index (κ2) is 7.97. The lowest BCUT2D eigenvalue weighted by Crippen LogP contribution is -2.16. The molecule has 0 atom stereocenters. The molecule has 0 spiro atoms. The summed E-state index contributed by atoms with van der Waals surface area (Å²) < 4.78 is 6.49. The molecule has 2 amide bonds. The molecule has 5 nitrogen and oxygen atoms in total. The quantitative estimate of drug-likeness (QED) is 0.792. The van der Waals surface area contributed by atoms with Crippen molar-refractivity contribution in [1.29, 1.82) is 0 Å². The normalized spacial score (nSPS) is 10.4. The molecule has 0 fully saturated rings. The number of hydrogen-bond donors (Lipinski definition) is 2. The average molecular weight is 391 g/mol. The van der Waals surface area contributed by atoms with Crippen molar-refractivity contribution in [2.75, 3.05) is 10.6 Å². The van der Waals surface area contributed by atoms with Gasteiger partial charge in [0.15, 0.2) is 0 Å². The lowest BCUT2D eigenvalue weighted by molar-refractivity contribution is -0.114.